The van der Waals surface area contributed by atoms with Crippen molar-refractivity contribution < 1.29 is 17.2 Å². The Morgan fingerprint density at radius 1 is 1.04 bits per heavy atom. The maximum atomic E-state index is 14.4. The van der Waals surface area contributed by atoms with Gasteiger partial charge in [-0.05, 0) is 47.9 Å². The number of rotatable bonds is 3. The van der Waals surface area contributed by atoms with E-state index in [0.29, 0.717) is 22.3 Å². The summed E-state index contributed by atoms with van der Waals surface area (Å²) in [5.74, 6) is 0.0795. The Hall–Kier alpha value is -2.09. The number of primary sulfonamides is 1. The minimum Gasteiger partial charge on any atom is -0.471 e. The number of thiol groups is 1. The summed E-state index contributed by atoms with van der Waals surface area (Å²) >= 11 is 3.79. The molecule has 3 aromatic rings. The smallest absolute Gasteiger partial charge is 0.241 e. The molecule has 4 nitrogen and oxygen atoms in total. The quantitative estimate of drug-likeness (QED) is 0.603. The van der Waals surface area contributed by atoms with Gasteiger partial charge in [0, 0.05) is 11.1 Å². The van der Waals surface area contributed by atoms with Crippen molar-refractivity contribution in [1.29, 1.82) is 0 Å². The van der Waals surface area contributed by atoms with Crippen molar-refractivity contribution >= 4 is 22.7 Å². The van der Waals surface area contributed by atoms with Gasteiger partial charge in [-0.25, -0.2) is 17.9 Å². The summed E-state index contributed by atoms with van der Waals surface area (Å²) < 4.78 is 43.0. The minimum absolute atomic E-state index is 0.299. The molecule has 0 radical (unpaired) electrons. The number of hydrogen-bond donors (Lipinski definition) is 2. The summed E-state index contributed by atoms with van der Waals surface area (Å²) in [4.78, 5) is -0.464. The van der Waals surface area contributed by atoms with Gasteiger partial charge in [0.1, 0.15) is 10.7 Å². The lowest BCUT2D eigenvalue weighted by atomic mass is 9.93. The predicted molar refractivity (Wildman–Crippen MR) is 110 cm³/mol. The molecule has 1 aromatic heterocycles. The Morgan fingerprint density at radius 3 is 2.15 bits per heavy atom. The molecule has 0 aliphatic carbocycles. The lowest BCUT2D eigenvalue weighted by Gasteiger charge is -2.14. The molecule has 0 unspecified atom stereocenters. The summed E-state index contributed by atoms with van der Waals surface area (Å²) in [5, 5.41) is 5.13. The van der Waals surface area contributed by atoms with Gasteiger partial charge in [-0.3, -0.25) is 0 Å². The molecule has 2 N–H and O–H groups in total. The van der Waals surface area contributed by atoms with E-state index in [9.17, 15) is 12.8 Å². The van der Waals surface area contributed by atoms with Crippen LogP contribution in [-0.2, 0) is 10.0 Å². The second kappa shape index (κ2) is 8.73. The number of benzene rings is 2. The van der Waals surface area contributed by atoms with Gasteiger partial charge in [0.2, 0.25) is 10.0 Å². The Kier molecular flexibility index (Phi) is 6.86. The lowest BCUT2D eigenvalue weighted by molar-refractivity contribution is 0.565. The molecular weight excluding hydrogens is 385 g/mol. The Balaban J connectivity index is 0.000000817. The van der Waals surface area contributed by atoms with Gasteiger partial charge >= 0.3 is 0 Å². The van der Waals surface area contributed by atoms with Crippen molar-refractivity contribution in [3.05, 3.63) is 65.9 Å². The van der Waals surface area contributed by atoms with E-state index in [4.69, 9.17) is 9.56 Å². The van der Waals surface area contributed by atoms with Crippen molar-refractivity contribution in [3.63, 3.8) is 0 Å². The summed E-state index contributed by atoms with van der Waals surface area (Å²) in [5.41, 5.74) is 3.94. The lowest BCUT2D eigenvalue weighted by Crippen LogP contribution is -2.16. The average molecular weight is 408 g/mol. The molecule has 144 valence electrons. The Labute approximate surface area is 164 Å². The maximum Gasteiger partial charge on any atom is 0.241 e. The van der Waals surface area contributed by atoms with Crippen molar-refractivity contribution in [1.82, 2.24) is 0 Å². The first-order valence-electron chi connectivity index (χ1n) is 8.27. The van der Waals surface area contributed by atoms with E-state index in [0.717, 1.165) is 16.9 Å². The van der Waals surface area contributed by atoms with Gasteiger partial charge in [-0.1, -0.05) is 37.3 Å². The molecule has 0 amide bonds. The zero-order chi connectivity index (χ0) is 20.2. The summed E-state index contributed by atoms with van der Waals surface area (Å²) in [6, 6.07) is 10.7. The SMILES string of the molecule is CCS.Cc1c(-c2cocc2-c2ccccc2)cc(F)c(S(N)(=O)=O)c1C. The number of hydrogen-bond acceptors (Lipinski definition) is 4. The van der Waals surface area contributed by atoms with E-state index in [1.54, 1.807) is 20.1 Å². The fraction of sp³-hybridized carbons (Fsp3) is 0.200. The molecule has 2 aromatic carbocycles. The highest BCUT2D eigenvalue weighted by Gasteiger charge is 2.23. The van der Waals surface area contributed by atoms with E-state index in [-0.39, 0.29) is 0 Å². The highest BCUT2D eigenvalue weighted by molar-refractivity contribution is 7.89. The summed E-state index contributed by atoms with van der Waals surface area (Å²) in [7, 11) is -4.13. The molecule has 27 heavy (non-hydrogen) atoms. The van der Waals surface area contributed by atoms with Crippen LogP contribution in [0.2, 0.25) is 0 Å². The zero-order valence-corrected chi connectivity index (χ0v) is 17.1. The molecule has 7 heteroatoms. The minimum atomic E-state index is -4.13. The van der Waals surface area contributed by atoms with E-state index < -0.39 is 20.7 Å². The van der Waals surface area contributed by atoms with Crippen molar-refractivity contribution in [2.45, 2.75) is 25.7 Å². The van der Waals surface area contributed by atoms with Gasteiger partial charge in [0.05, 0.1) is 12.5 Å². The van der Waals surface area contributed by atoms with Crippen LogP contribution >= 0.6 is 12.6 Å². The zero-order valence-electron chi connectivity index (χ0n) is 15.4. The molecule has 0 aliphatic rings. The third-order valence-corrected chi connectivity index (χ3v) is 5.19. The number of nitrogens with two attached hydrogens (primary N) is 1. The molecule has 0 atom stereocenters. The molecule has 1 heterocycles. The summed E-state index contributed by atoms with van der Waals surface area (Å²) in [6.07, 6.45) is 3.12. The third kappa shape index (κ3) is 4.61. The maximum absolute atomic E-state index is 14.4. The first-order chi connectivity index (χ1) is 12.7. The van der Waals surface area contributed by atoms with Gasteiger partial charge < -0.3 is 4.42 Å². The fourth-order valence-electron chi connectivity index (χ4n) is 2.83. The Morgan fingerprint density at radius 2 is 1.59 bits per heavy atom. The Bertz CT molecular complexity index is 1030. The van der Waals surface area contributed by atoms with Gasteiger partial charge in [0.15, 0.2) is 0 Å². The van der Waals surface area contributed by atoms with Crippen LogP contribution in [0, 0.1) is 19.7 Å². The van der Waals surface area contributed by atoms with Crippen LogP contribution < -0.4 is 5.14 Å². The van der Waals surface area contributed by atoms with Crippen molar-refractivity contribution in [3.8, 4) is 22.3 Å². The number of furan rings is 1. The first kappa shape index (κ1) is 21.2. The topological polar surface area (TPSA) is 73.3 Å². The standard InChI is InChI=1S/C18H16FNO3S.C2H6S/c1-11-12(2)18(24(20,21)22)17(19)8-14(11)16-10-23-9-15(16)13-6-4-3-5-7-13;1-2-3/h3-10H,1-2H3,(H2,20,21,22);3H,2H2,1H3. The van der Waals surface area contributed by atoms with Crippen LogP contribution in [-0.4, -0.2) is 14.2 Å². The highest BCUT2D eigenvalue weighted by Crippen LogP contribution is 2.37. The predicted octanol–water partition coefficient (Wildman–Crippen LogP) is 4.95. The van der Waals surface area contributed by atoms with Crippen LogP contribution in [0.4, 0.5) is 4.39 Å². The van der Waals surface area contributed by atoms with E-state index in [1.807, 2.05) is 37.3 Å². The van der Waals surface area contributed by atoms with Crippen molar-refractivity contribution in [2.75, 3.05) is 5.75 Å². The molecular formula is C20H22FNO3S2. The third-order valence-electron chi connectivity index (χ3n) is 4.12. The van der Waals surface area contributed by atoms with E-state index in [2.05, 4.69) is 12.6 Å². The van der Waals surface area contributed by atoms with Crippen LogP contribution in [0.5, 0.6) is 0 Å². The monoisotopic (exact) mass is 407 g/mol. The van der Waals surface area contributed by atoms with Gasteiger partial charge in [0.25, 0.3) is 0 Å². The number of sulfonamides is 1. The van der Waals surface area contributed by atoms with Gasteiger partial charge in [-0.15, -0.1) is 0 Å². The molecule has 0 saturated carbocycles. The second-order valence-electron chi connectivity index (χ2n) is 5.91. The summed E-state index contributed by atoms with van der Waals surface area (Å²) in [6.45, 7) is 5.27. The van der Waals surface area contributed by atoms with E-state index in [1.165, 1.54) is 12.3 Å². The van der Waals surface area contributed by atoms with Crippen LogP contribution in [0.1, 0.15) is 18.1 Å². The van der Waals surface area contributed by atoms with Gasteiger partial charge in [-0.2, -0.15) is 12.6 Å². The van der Waals surface area contributed by atoms with Crippen LogP contribution in [0.3, 0.4) is 0 Å². The molecule has 3 rings (SSSR count). The molecule has 0 fully saturated rings. The normalized spacial score (nSPS) is 11.0. The first-order valence-corrected chi connectivity index (χ1v) is 10.5. The molecule has 0 spiro atoms. The van der Waals surface area contributed by atoms with E-state index >= 15 is 0 Å². The molecule has 0 aliphatic heterocycles. The largest absolute Gasteiger partial charge is 0.471 e. The van der Waals surface area contributed by atoms with Crippen LogP contribution in [0.25, 0.3) is 22.3 Å². The van der Waals surface area contributed by atoms with Crippen LogP contribution in [0.15, 0.2) is 58.2 Å². The molecule has 0 bridgehead atoms. The fourth-order valence-corrected chi connectivity index (χ4v) is 3.74. The second-order valence-corrected chi connectivity index (χ2v) is 8.04. The average Bonchev–Trinajstić information content (AvgIpc) is 3.08. The van der Waals surface area contributed by atoms with Crippen molar-refractivity contribution in [2.24, 2.45) is 5.14 Å². The highest BCUT2D eigenvalue weighted by atomic mass is 32.2. The number of halogens is 1. The molecule has 0 saturated heterocycles.